The summed E-state index contributed by atoms with van der Waals surface area (Å²) in [4.78, 5) is 22.0. The summed E-state index contributed by atoms with van der Waals surface area (Å²) >= 11 is 0. The lowest BCUT2D eigenvalue weighted by molar-refractivity contribution is -0.153. The third kappa shape index (κ3) is 3.20. The molecule has 1 fully saturated rings. The fourth-order valence-corrected chi connectivity index (χ4v) is 2.32. The molecule has 1 aromatic rings. The number of nitrogens with zero attached hydrogens (tertiary/aromatic N) is 3. The van der Waals surface area contributed by atoms with Crippen LogP contribution in [0, 0.1) is 12.8 Å². The summed E-state index contributed by atoms with van der Waals surface area (Å²) in [5, 5.41) is 9.82. The van der Waals surface area contributed by atoms with Crippen LogP contribution < -0.4 is 4.90 Å². The van der Waals surface area contributed by atoms with Gasteiger partial charge in [0.25, 0.3) is 0 Å². The van der Waals surface area contributed by atoms with Crippen LogP contribution in [0.15, 0.2) is 12.3 Å². The van der Waals surface area contributed by atoms with Gasteiger partial charge in [-0.1, -0.05) is 0 Å². The molecule has 0 aromatic carbocycles. The number of methoxy groups -OCH3 is 1. The molecule has 1 aliphatic heterocycles. The highest BCUT2D eigenvalue weighted by atomic mass is 16.5. The van der Waals surface area contributed by atoms with E-state index >= 15 is 0 Å². The average Bonchev–Trinajstić information content (AvgIpc) is 2.46. The van der Waals surface area contributed by atoms with Crippen molar-refractivity contribution < 1.29 is 14.6 Å². The molecular weight excluding hydrogens is 246 g/mol. The molecule has 0 bridgehead atoms. The van der Waals surface area contributed by atoms with Crippen LogP contribution in [0.4, 0.5) is 5.95 Å². The Labute approximate surface area is 112 Å². The van der Waals surface area contributed by atoms with Gasteiger partial charge >= 0.3 is 5.97 Å². The van der Waals surface area contributed by atoms with Crippen molar-refractivity contribution >= 4 is 11.9 Å². The molecule has 2 rings (SSSR count). The van der Waals surface area contributed by atoms with Crippen molar-refractivity contribution in [3.63, 3.8) is 0 Å². The number of rotatable bonds is 3. The number of anilines is 1. The zero-order valence-electron chi connectivity index (χ0n) is 11.2. The Hall–Kier alpha value is -1.69. The molecule has 0 radical (unpaired) electrons. The van der Waals surface area contributed by atoms with Crippen molar-refractivity contribution in [2.75, 3.05) is 25.1 Å². The van der Waals surface area contributed by atoms with E-state index in [0.29, 0.717) is 5.95 Å². The number of ether oxygens (including phenoxy) is 1. The molecule has 6 heteroatoms. The molecule has 2 heterocycles. The Morgan fingerprint density at radius 3 is 2.79 bits per heavy atom. The fraction of sp³-hybridized carbons (Fsp3) is 0.615. The van der Waals surface area contributed by atoms with Crippen molar-refractivity contribution in [2.24, 2.45) is 5.92 Å². The smallest absolute Gasteiger partial charge is 0.334 e. The van der Waals surface area contributed by atoms with Gasteiger partial charge in [-0.2, -0.15) is 0 Å². The molecule has 6 nitrogen and oxygen atoms in total. The van der Waals surface area contributed by atoms with Crippen LogP contribution in [0.5, 0.6) is 0 Å². The van der Waals surface area contributed by atoms with E-state index < -0.39 is 12.1 Å². The van der Waals surface area contributed by atoms with Gasteiger partial charge in [0.2, 0.25) is 5.95 Å². The second-order valence-corrected chi connectivity index (χ2v) is 4.79. The predicted octanol–water partition coefficient (Wildman–Crippen LogP) is 0.535. The SMILES string of the molecule is COC(=O)C(O)C1CCN(c2nccc(C)n2)CC1. The molecule has 0 spiro atoms. The summed E-state index contributed by atoms with van der Waals surface area (Å²) in [6.07, 6.45) is 2.18. The number of aliphatic hydroxyl groups is 1. The lowest BCUT2D eigenvalue weighted by Crippen LogP contribution is -2.41. The minimum atomic E-state index is -1.02. The summed E-state index contributed by atoms with van der Waals surface area (Å²) in [6, 6.07) is 1.86. The fourth-order valence-electron chi connectivity index (χ4n) is 2.32. The van der Waals surface area contributed by atoms with Gasteiger partial charge in [-0.25, -0.2) is 14.8 Å². The lowest BCUT2D eigenvalue weighted by atomic mass is 9.91. The zero-order valence-corrected chi connectivity index (χ0v) is 11.2. The van der Waals surface area contributed by atoms with Crippen LogP contribution in [0.3, 0.4) is 0 Å². The first kappa shape index (κ1) is 13.7. The monoisotopic (exact) mass is 265 g/mol. The maximum Gasteiger partial charge on any atom is 0.334 e. The van der Waals surface area contributed by atoms with E-state index in [2.05, 4.69) is 19.6 Å². The molecule has 0 saturated carbocycles. The largest absolute Gasteiger partial charge is 0.467 e. The van der Waals surface area contributed by atoms with Gasteiger partial charge in [0, 0.05) is 25.0 Å². The molecule has 1 saturated heterocycles. The number of aryl methyl sites for hydroxylation is 1. The van der Waals surface area contributed by atoms with Crippen molar-refractivity contribution in [1.82, 2.24) is 9.97 Å². The van der Waals surface area contributed by atoms with Crippen molar-refractivity contribution in [1.29, 1.82) is 0 Å². The molecule has 1 N–H and O–H groups in total. The van der Waals surface area contributed by atoms with E-state index in [-0.39, 0.29) is 5.92 Å². The van der Waals surface area contributed by atoms with E-state index in [9.17, 15) is 9.90 Å². The minimum Gasteiger partial charge on any atom is -0.467 e. The summed E-state index contributed by atoms with van der Waals surface area (Å²) in [7, 11) is 1.29. The quantitative estimate of drug-likeness (QED) is 0.804. The Bertz CT molecular complexity index is 445. The van der Waals surface area contributed by atoms with Gasteiger partial charge < -0.3 is 14.7 Å². The number of hydrogen-bond acceptors (Lipinski definition) is 6. The number of carbonyl (C=O) groups is 1. The first-order chi connectivity index (χ1) is 9.11. The molecule has 0 amide bonds. The number of aromatic nitrogens is 2. The van der Waals surface area contributed by atoms with Gasteiger partial charge in [-0.05, 0) is 31.7 Å². The topological polar surface area (TPSA) is 75.6 Å². The van der Waals surface area contributed by atoms with Crippen LogP contribution in [-0.4, -0.2) is 47.3 Å². The molecular formula is C13H19N3O3. The minimum absolute atomic E-state index is 0.0477. The highest BCUT2D eigenvalue weighted by Crippen LogP contribution is 2.23. The van der Waals surface area contributed by atoms with Gasteiger partial charge in [0.05, 0.1) is 7.11 Å². The standard InChI is InChI=1S/C13H19N3O3/c1-9-3-6-14-13(15-9)16-7-4-10(5-8-16)11(17)12(18)19-2/h3,6,10-11,17H,4-5,7-8H2,1-2H3. The van der Waals surface area contributed by atoms with E-state index in [4.69, 9.17) is 0 Å². The summed E-state index contributed by atoms with van der Waals surface area (Å²) in [5.74, 6) is 0.116. The van der Waals surface area contributed by atoms with E-state index in [1.54, 1.807) is 6.20 Å². The van der Waals surface area contributed by atoms with E-state index in [0.717, 1.165) is 31.6 Å². The highest BCUT2D eigenvalue weighted by Gasteiger charge is 2.31. The van der Waals surface area contributed by atoms with Crippen LogP contribution >= 0.6 is 0 Å². The van der Waals surface area contributed by atoms with Crippen LogP contribution in [0.1, 0.15) is 18.5 Å². The lowest BCUT2D eigenvalue weighted by Gasteiger charge is -2.33. The average molecular weight is 265 g/mol. The molecule has 1 aromatic heterocycles. The first-order valence-electron chi connectivity index (χ1n) is 6.42. The highest BCUT2D eigenvalue weighted by molar-refractivity contribution is 5.74. The molecule has 1 unspecified atom stereocenters. The van der Waals surface area contributed by atoms with Crippen molar-refractivity contribution in [3.05, 3.63) is 18.0 Å². The van der Waals surface area contributed by atoms with Crippen molar-refractivity contribution in [2.45, 2.75) is 25.9 Å². The third-order valence-corrected chi connectivity index (χ3v) is 3.49. The van der Waals surface area contributed by atoms with E-state index in [1.807, 2.05) is 13.0 Å². The van der Waals surface area contributed by atoms with E-state index in [1.165, 1.54) is 7.11 Å². The normalized spacial score (nSPS) is 18.2. The zero-order chi connectivity index (χ0) is 13.8. The Morgan fingerprint density at radius 1 is 1.53 bits per heavy atom. The third-order valence-electron chi connectivity index (χ3n) is 3.49. The summed E-state index contributed by atoms with van der Waals surface area (Å²) in [6.45, 7) is 3.41. The van der Waals surface area contributed by atoms with Crippen LogP contribution in [0.2, 0.25) is 0 Å². The summed E-state index contributed by atoms with van der Waals surface area (Å²) < 4.78 is 4.57. The second-order valence-electron chi connectivity index (χ2n) is 4.79. The van der Waals surface area contributed by atoms with Gasteiger partial charge in [0.15, 0.2) is 6.10 Å². The Morgan fingerprint density at radius 2 is 2.21 bits per heavy atom. The Balaban J connectivity index is 1.94. The number of aliphatic hydroxyl groups excluding tert-OH is 1. The van der Waals surface area contributed by atoms with Gasteiger partial charge in [-0.3, -0.25) is 0 Å². The number of piperidine rings is 1. The molecule has 104 valence electrons. The number of hydrogen-bond donors (Lipinski definition) is 1. The number of carbonyl (C=O) groups excluding carboxylic acids is 1. The molecule has 1 atom stereocenters. The number of esters is 1. The molecule has 0 aliphatic carbocycles. The van der Waals surface area contributed by atoms with Crippen LogP contribution in [0.25, 0.3) is 0 Å². The molecule has 1 aliphatic rings. The Kier molecular flexibility index (Phi) is 4.31. The predicted molar refractivity (Wildman–Crippen MR) is 69.7 cm³/mol. The first-order valence-corrected chi connectivity index (χ1v) is 6.42. The summed E-state index contributed by atoms with van der Waals surface area (Å²) in [5.41, 5.74) is 0.932. The maximum atomic E-state index is 11.3. The van der Waals surface area contributed by atoms with Gasteiger partial charge in [-0.15, -0.1) is 0 Å². The second kappa shape index (κ2) is 5.97. The van der Waals surface area contributed by atoms with Gasteiger partial charge in [0.1, 0.15) is 0 Å². The molecule has 19 heavy (non-hydrogen) atoms. The maximum absolute atomic E-state index is 11.3. The van der Waals surface area contributed by atoms with Crippen LogP contribution in [-0.2, 0) is 9.53 Å². The van der Waals surface area contributed by atoms with Crippen molar-refractivity contribution in [3.8, 4) is 0 Å².